The number of hydrogen-bond acceptors (Lipinski definition) is 7. The van der Waals surface area contributed by atoms with E-state index in [9.17, 15) is 14.9 Å². The molecule has 0 aliphatic carbocycles. The van der Waals surface area contributed by atoms with Crippen LogP contribution in [0.1, 0.15) is 17.4 Å². The predicted octanol–water partition coefficient (Wildman–Crippen LogP) is 5.98. The van der Waals surface area contributed by atoms with E-state index in [-0.39, 0.29) is 22.8 Å². The van der Waals surface area contributed by atoms with Gasteiger partial charge in [-0.3, -0.25) is 19.6 Å². The number of aromatic nitrogens is 5. The zero-order valence-corrected chi connectivity index (χ0v) is 21.5. The Labute approximate surface area is 222 Å². The van der Waals surface area contributed by atoms with Crippen molar-refractivity contribution in [3.05, 3.63) is 92.3 Å². The first-order chi connectivity index (χ1) is 17.8. The van der Waals surface area contributed by atoms with Crippen LogP contribution in [0.4, 0.5) is 11.4 Å². The summed E-state index contributed by atoms with van der Waals surface area (Å²) in [6.45, 7) is 2.66. The maximum absolute atomic E-state index is 13.1. The van der Waals surface area contributed by atoms with Gasteiger partial charge >= 0.3 is 0 Å². The van der Waals surface area contributed by atoms with E-state index in [1.165, 1.54) is 28.8 Å². The minimum atomic E-state index is -0.576. The third-order valence-corrected chi connectivity index (χ3v) is 6.12. The summed E-state index contributed by atoms with van der Waals surface area (Å²) in [5.74, 6) is 0.0208. The zero-order chi connectivity index (χ0) is 26.1. The van der Waals surface area contributed by atoms with Crippen LogP contribution in [0.3, 0.4) is 0 Å². The Morgan fingerprint density at radius 1 is 1.14 bits per heavy atom. The number of hydrogen-bond donors (Lipinski definition) is 1. The number of carbonyl (C=O) groups is 1. The largest absolute Gasteiger partial charge is 0.457 e. The molecule has 3 heterocycles. The number of ether oxygens (including phenoxy) is 1. The molecule has 0 aliphatic rings. The van der Waals surface area contributed by atoms with E-state index in [2.05, 4.69) is 36.4 Å². The summed E-state index contributed by atoms with van der Waals surface area (Å²) in [5.41, 5.74) is 1.70. The molecule has 3 aromatic heterocycles. The van der Waals surface area contributed by atoms with Crippen LogP contribution in [-0.2, 0) is 6.54 Å². The zero-order valence-electron chi connectivity index (χ0n) is 19.1. The molecule has 37 heavy (non-hydrogen) atoms. The van der Waals surface area contributed by atoms with Gasteiger partial charge in [0.1, 0.15) is 17.2 Å². The fourth-order valence-corrected chi connectivity index (χ4v) is 4.22. The third-order valence-electron chi connectivity index (χ3n) is 5.28. The lowest BCUT2D eigenvalue weighted by molar-refractivity contribution is -0.384. The summed E-state index contributed by atoms with van der Waals surface area (Å²) in [7, 11) is 0. The van der Waals surface area contributed by atoms with E-state index in [0.717, 1.165) is 4.47 Å². The summed E-state index contributed by atoms with van der Waals surface area (Å²) in [4.78, 5) is 28.3. The van der Waals surface area contributed by atoms with E-state index in [4.69, 9.17) is 16.3 Å². The fraction of sp³-hybridized carbons (Fsp3) is 0.0833. The van der Waals surface area contributed by atoms with E-state index < -0.39 is 10.8 Å². The lowest BCUT2D eigenvalue weighted by Crippen LogP contribution is -2.13. The van der Waals surface area contributed by atoms with E-state index in [0.29, 0.717) is 34.4 Å². The Morgan fingerprint density at radius 3 is 2.62 bits per heavy atom. The second-order valence-corrected chi connectivity index (χ2v) is 9.08. The molecule has 0 atom stereocenters. The van der Waals surface area contributed by atoms with Crippen molar-refractivity contribution >= 4 is 50.5 Å². The molecule has 186 valence electrons. The van der Waals surface area contributed by atoms with Crippen molar-refractivity contribution in [1.29, 1.82) is 0 Å². The smallest absolute Gasteiger partial charge is 0.276 e. The number of nitrogens with one attached hydrogen (secondary N) is 1. The van der Waals surface area contributed by atoms with Crippen LogP contribution in [0.2, 0.25) is 5.02 Å². The van der Waals surface area contributed by atoms with Gasteiger partial charge < -0.3 is 10.1 Å². The van der Waals surface area contributed by atoms with Gasteiger partial charge in [-0.25, -0.2) is 9.50 Å². The topological polar surface area (TPSA) is 129 Å². The maximum atomic E-state index is 13.1. The summed E-state index contributed by atoms with van der Waals surface area (Å²) < 4.78 is 9.79. The van der Waals surface area contributed by atoms with Crippen LogP contribution in [0.15, 0.2) is 71.5 Å². The SMILES string of the molecule is CCn1cc(Br)c(-c2ccnc3cc(C(=O)Nc4cc(Oc5ccc(Cl)cc5)cc([N+](=O)[O-])c4)nn23)n1. The number of fused-ring (bicyclic) bond motifs is 1. The minimum Gasteiger partial charge on any atom is -0.457 e. The van der Waals surface area contributed by atoms with Gasteiger partial charge in [0.15, 0.2) is 11.3 Å². The molecular weight excluding hydrogens is 566 g/mol. The van der Waals surface area contributed by atoms with Crippen LogP contribution in [0, 0.1) is 10.1 Å². The molecule has 5 aromatic rings. The molecule has 0 bridgehead atoms. The summed E-state index contributed by atoms with van der Waals surface area (Å²) in [6, 6.07) is 13.8. The number of nitro groups is 1. The van der Waals surface area contributed by atoms with Crippen molar-refractivity contribution in [2.75, 3.05) is 5.32 Å². The first-order valence-electron chi connectivity index (χ1n) is 10.9. The highest BCUT2D eigenvalue weighted by molar-refractivity contribution is 9.10. The number of rotatable bonds is 7. The van der Waals surface area contributed by atoms with Crippen LogP contribution in [0.5, 0.6) is 11.5 Å². The molecule has 13 heteroatoms. The number of halogens is 2. The molecule has 0 fully saturated rings. The molecule has 0 saturated heterocycles. The second-order valence-electron chi connectivity index (χ2n) is 7.79. The van der Waals surface area contributed by atoms with E-state index >= 15 is 0 Å². The number of amides is 1. The van der Waals surface area contributed by atoms with E-state index in [1.807, 2.05) is 13.1 Å². The average molecular weight is 583 g/mol. The second kappa shape index (κ2) is 9.99. The summed E-state index contributed by atoms with van der Waals surface area (Å²) >= 11 is 9.42. The van der Waals surface area contributed by atoms with Crippen molar-refractivity contribution < 1.29 is 14.5 Å². The maximum Gasteiger partial charge on any atom is 0.276 e. The van der Waals surface area contributed by atoms with E-state index in [1.54, 1.807) is 41.2 Å². The van der Waals surface area contributed by atoms with Gasteiger partial charge in [0.25, 0.3) is 11.6 Å². The number of nitrogens with zero attached hydrogens (tertiary/aromatic N) is 6. The molecule has 0 spiro atoms. The van der Waals surface area contributed by atoms with Crippen LogP contribution < -0.4 is 10.1 Å². The highest BCUT2D eigenvalue weighted by Crippen LogP contribution is 2.31. The first kappa shape index (κ1) is 24.4. The monoisotopic (exact) mass is 581 g/mol. The van der Waals surface area contributed by atoms with Crippen LogP contribution in [0.25, 0.3) is 17.0 Å². The Morgan fingerprint density at radius 2 is 1.92 bits per heavy atom. The molecule has 0 saturated carbocycles. The molecular formula is C24H17BrClN7O4. The van der Waals surface area contributed by atoms with Gasteiger partial charge in [-0.2, -0.15) is 10.2 Å². The van der Waals surface area contributed by atoms with Crippen LogP contribution in [-0.4, -0.2) is 35.2 Å². The number of anilines is 1. The highest BCUT2D eigenvalue weighted by atomic mass is 79.9. The van der Waals surface area contributed by atoms with Crippen molar-refractivity contribution in [3.8, 4) is 22.9 Å². The minimum absolute atomic E-state index is 0.0673. The molecule has 0 aliphatic heterocycles. The molecule has 0 unspecified atom stereocenters. The number of non-ortho nitro benzene ring substituents is 1. The van der Waals surface area contributed by atoms with Gasteiger partial charge in [0.05, 0.1) is 26.8 Å². The number of nitro benzene ring substituents is 1. The molecule has 5 rings (SSSR count). The van der Waals surface area contributed by atoms with Gasteiger partial charge in [0, 0.05) is 42.2 Å². The van der Waals surface area contributed by atoms with Gasteiger partial charge in [0.2, 0.25) is 0 Å². The van der Waals surface area contributed by atoms with Gasteiger partial charge in [-0.1, -0.05) is 11.6 Å². The molecule has 1 amide bonds. The standard InChI is InChI=1S/C24H17BrClN7O4/c1-2-31-13-19(25)23(30-31)21-7-8-27-22-12-20(29-32(21)22)24(34)28-15-9-16(33(35)36)11-18(10-15)37-17-5-3-14(26)4-6-17/h3-13H,2H2,1H3,(H,28,34). The average Bonchev–Trinajstić information content (AvgIpc) is 3.48. The highest BCUT2D eigenvalue weighted by Gasteiger charge is 2.19. The Hall–Kier alpha value is -4.29. The number of benzene rings is 2. The van der Waals surface area contributed by atoms with Gasteiger partial charge in [-0.15, -0.1) is 0 Å². The molecule has 1 N–H and O–H groups in total. The predicted molar refractivity (Wildman–Crippen MR) is 140 cm³/mol. The normalized spacial score (nSPS) is 11.0. The number of carbonyl (C=O) groups excluding carboxylic acids is 1. The molecule has 0 radical (unpaired) electrons. The lowest BCUT2D eigenvalue weighted by atomic mass is 10.2. The molecule has 2 aromatic carbocycles. The Balaban J connectivity index is 1.45. The lowest BCUT2D eigenvalue weighted by Gasteiger charge is -2.09. The Kier molecular flexibility index (Phi) is 6.59. The van der Waals surface area contributed by atoms with Crippen molar-refractivity contribution in [1.82, 2.24) is 24.4 Å². The van der Waals surface area contributed by atoms with Crippen molar-refractivity contribution in [3.63, 3.8) is 0 Å². The fourth-order valence-electron chi connectivity index (χ4n) is 3.57. The Bertz CT molecular complexity index is 1650. The first-order valence-corrected chi connectivity index (χ1v) is 12.1. The molecule has 11 nitrogen and oxygen atoms in total. The van der Waals surface area contributed by atoms with Gasteiger partial charge in [-0.05, 0) is 53.2 Å². The van der Waals surface area contributed by atoms with Crippen LogP contribution >= 0.6 is 27.5 Å². The third kappa shape index (κ3) is 5.15. The van der Waals surface area contributed by atoms with Crippen molar-refractivity contribution in [2.45, 2.75) is 13.5 Å². The summed E-state index contributed by atoms with van der Waals surface area (Å²) in [5, 5.41) is 23.6. The number of aryl methyl sites for hydroxylation is 1. The van der Waals surface area contributed by atoms with Crippen molar-refractivity contribution in [2.24, 2.45) is 0 Å². The quantitative estimate of drug-likeness (QED) is 0.184. The summed E-state index contributed by atoms with van der Waals surface area (Å²) in [6.07, 6.45) is 3.46.